The molecule has 0 N–H and O–H groups in total. The molecule has 7 aromatic rings. The minimum atomic E-state index is 0.0361. The van der Waals surface area contributed by atoms with Gasteiger partial charge >= 0.3 is 0 Å². The Morgan fingerprint density at radius 2 is 0.864 bits per heavy atom. The summed E-state index contributed by atoms with van der Waals surface area (Å²) >= 11 is 0. The molecule has 0 radical (unpaired) electrons. The zero-order chi connectivity index (χ0) is 31.0. The Bertz CT molecular complexity index is 2240. The van der Waals surface area contributed by atoms with Gasteiger partial charge in [0.25, 0.3) is 0 Å². The number of benzene rings is 7. The van der Waals surface area contributed by atoms with Crippen LogP contribution in [0.2, 0.25) is 0 Å². The molecule has 0 unspecified atom stereocenters. The van der Waals surface area contributed by atoms with Gasteiger partial charge in [0.15, 0.2) is 0 Å². The van der Waals surface area contributed by atoms with E-state index in [1.54, 1.807) is 0 Å². The summed E-state index contributed by atoms with van der Waals surface area (Å²) in [5, 5.41) is 10.7. The van der Waals surface area contributed by atoms with E-state index in [9.17, 15) is 0 Å². The van der Waals surface area contributed by atoms with Crippen molar-refractivity contribution in [1.29, 1.82) is 0 Å². The monoisotopic (exact) mass is 570 g/mol. The van der Waals surface area contributed by atoms with Crippen LogP contribution in [-0.4, -0.2) is 0 Å². The van der Waals surface area contributed by atoms with Crippen LogP contribution in [0.1, 0.15) is 66.5 Å². The summed E-state index contributed by atoms with van der Waals surface area (Å²) in [5.41, 5.74) is 10.9. The van der Waals surface area contributed by atoms with E-state index in [1.807, 2.05) is 13.8 Å². The fraction of sp³-hybridized carbons (Fsp3) is 0.227. The van der Waals surface area contributed by atoms with E-state index in [2.05, 4.69) is 151 Å². The molecule has 0 aliphatic heterocycles. The molecule has 0 bridgehead atoms. The molecule has 0 spiro atoms. The predicted octanol–water partition coefficient (Wildman–Crippen LogP) is 13.2. The second-order valence-electron chi connectivity index (χ2n) is 14.2. The first kappa shape index (κ1) is 28.4. The molecule has 1 aliphatic rings. The largest absolute Gasteiger partial charge is 0.0683 e. The Balaban J connectivity index is 0.00000153. The van der Waals surface area contributed by atoms with Crippen LogP contribution >= 0.6 is 0 Å². The van der Waals surface area contributed by atoms with Gasteiger partial charge in [-0.3, -0.25) is 0 Å². The first-order chi connectivity index (χ1) is 21.1. The van der Waals surface area contributed by atoms with Crippen molar-refractivity contribution >= 4 is 43.1 Å². The second kappa shape index (κ2) is 10.1. The predicted molar refractivity (Wildman–Crippen MR) is 195 cm³/mol. The summed E-state index contributed by atoms with van der Waals surface area (Å²) in [6.45, 7) is 17.9. The van der Waals surface area contributed by atoms with Gasteiger partial charge in [-0.15, -0.1) is 0 Å². The lowest BCUT2D eigenvalue weighted by Crippen LogP contribution is -2.12. The molecule has 0 fully saturated rings. The van der Waals surface area contributed by atoms with Gasteiger partial charge in [0.2, 0.25) is 0 Å². The van der Waals surface area contributed by atoms with Gasteiger partial charge in [0, 0.05) is 0 Å². The van der Waals surface area contributed by atoms with Crippen LogP contribution in [0.25, 0.3) is 76.5 Å². The SMILES string of the molecule is CC.CC(C)(C)c1ccc2c(-c3cc4c5cccc6c5c(cc4c4ccccc34)-c3ccccc3-6)cc(C(C)(C)C)cc2c1. The van der Waals surface area contributed by atoms with Gasteiger partial charge in [-0.25, -0.2) is 0 Å². The summed E-state index contributed by atoms with van der Waals surface area (Å²) < 4.78 is 0. The van der Waals surface area contributed by atoms with Crippen molar-refractivity contribution < 1.29 is 0 Å². The van der Waals surface area contributed by atoms with Gasteiger partial charge in [-0.2, -0.15) is 0 Å². The highest BCUT2D eigenvalue weighted by atomic mass is 14.3. The van der Waals surface area contributed by atoms with Crippen molar-refractivity contribution in [3.05, 3.63) is 120 Å². The lowest BCUT2D eigenvalue weighted by atomic mass is 9.80. The summed E-state index contributed by atoms with van der Waals surface area (Å²) in [6.07, 6.45) is 0. The van der Waals surface area contributed by atoms with E-state index in [-0.39, 0.29) is 10.8 Å². The molecule has 0 amide bonds. The van der Waals surface area contributed by atoms with Gasteiger partial charge in [-0.05, 0) is 117 Å². The Hall–Kier alpha value is -4.42. The molecule has 0 saturated heterocycles. The van der Waals surface area contributed by atoms with Crippen LogP contribution in [0.5, 0.6) is 0 Å². The smallest absolute Gasteiger partial charge is 0.00199 e. The number of hydrogen-bond acceptors (Lipinski definition) is 0. The van der Waals surface area contributed by atoms with Gasteiger partial charge in [0.05, 0.1) is 0 Å². The Morgan fingerprint density at radius 3 is 1.57 bits per heavy atom. The quantitative estimate of drug-likeness (QED) is 0.172. The zero-order valence-electron chi connectivity index (χ0n) is 27.4. The highest BCUT2D eigenvalue weighted by molar-refractivity contribution is 6.29. The van der Waals surface area contributed by atoms with Crippen LogP contribution < -0.4 is 0 Å². The maximum absolute atomic E-state index is 2.49. The minimum absolute atomic E-state index is 0.0361. The van der Waals surface area contributed by atoms with Crippen molar-refractivity contribution in [2.45, 2.75) is 66.2 Å². The van der Waals surface area contributed by atoms with Crippen molar-refractivity contribution in [1.82, 2.24) is 0 Å². The lowest BCUT2D eigenvalue weighted by molar-refractivity contribution is 0.589. The normalized spacial score (nSPS) is 12.5. The Kier molecular flexibility index (Phi) is 6.49. The van der Waals surface area contributed by atoms with Crippen molar-refractivity contribution in [2.75, 3.05) is 0 Å². The molecule has 0 aromatic heterocycles. The molecular formula is C44H42. The molecule has 1 aliphatic carbocycles. The third kappa shape index (κ3) is 4.27. The highest BCUT2D eigenvalue weighted by Crippen LogP contribution is 2.51. The fourth-order valence-electron chi connectivity index (χ4n) is 7.16. The molecule has 0 heteroatoms. The average Bonchev–Trinajstić information content (AvgIpc) is 3.35. The minimum Gasteiger partial charge on any atom is -0.0683 e. The molecule has 0 nitrogen and oxygen atoms in total. The molecule has 0 atom stereocenters. The van der Waals surface area contributed by atoms with Crippen LogP contribution in [0.3, 0.4) is 0 Å². The third-order valence-corrected chi connectivity index (χ3v) is 9.48. The summed E-state index contributed by atoms with van der Waals surface area (Å²) in [5.74, 6) is 0. The summed E-state index contributed by atoms with van der Waals surface area (Å²) in [4.78, 5) is 0. The van der Waals surface area contributed by atoms with E-state index in [0.717, 1.165) is 0 Å². The summed E-state index contributed by atoms with van der Waals surface area (Å²) in [6, 6.07) is 41.7. The molecule has 0 saturated carbocycles. The van der Waals surface area contributed by atoms with Crippen molar-refractivity contribution in [2.24, 2.45) is 0 Å². The van der Waals surface area contributed by atoms with Crippen molar-refractivity contribution in [3.63, 3.8) is 0 Å². The summed E-state index contributed by atoms with van der Waals surface area (Å²) in [7, 11) is 0. The number of fused-ring (bicyclic) bond motifs is 8. The molecule has 8 rings (SSSR count). The van der Waals surface area contributed by atoms with Crippen LogP contribution in [0.4, 0.5) is 0 Å². The molecule has 7 aromatic carbocycles. The molecule has 44 heavy (non-hydrogen) atoms. The highest BCUT2D eigenvalue weighted by Gasteiger charge is 2.25. The zero-order valence-corrected chi connectivity index (χ0v) is 27.4. The van der Waals surface area contributed by atoms with E-state index in [0.29, 0.717) is 0 Å². The first-order valence-electron chi connectivity index (χ1n) is 16.2. The molecule has 218 valence electrons. The maximum Gasteiger partial charge on any atom is -0.00199 e. The van der Waals surface area contributed by atoms with Gasteiger partial charge in [0.1, 0.15) is 0 Å². The van der Waals surface area contributed by atoms with E-state index < -0.39 is 0 Å². The van der Waals surface area contributed by atoms with Crippen LogP contribution in [0, 0.1) is 0 Å². The van der Waals surface area contributed by atoms with E-state index in [1.165, 1.54) is 87.6 Å². The first-order valence-corrected chi connectivity index (χ1v) is 16.2. The Labute approximate surface area is 262 Å². The lowest BCUT2D eigenvalue weighted by Gasteiger charge is -2.24. The van der Waals surface area contributed by atoms with Gasteiger partial charge in [-0.1, -0.05) is 146 Å². The van der Waals surface area contributed by atoms with Gasteiger partial charge < -0.3 is 0 Å². The van der Waals surface area contributed by atoms with E-state index in [4.69, 9.17) is 0 Å². The van der Waals surface area contributed by atoms with Crippen LogP contribution in [-0.2, 0) is 10.8 Å². The maximum atomic E-state index is 2.49. The average molecular weight is 571 g/mol. The second-order valence-corrected chi connectivity index (χ2v) is 14.2. The van der Waals surface area contributed by atoms with Crippen molar-refractivity contribution in [3.8, 4) is 33.4 Å². The third-order valence-electron chi connectivity index (χ3n) is 9.48. The topological polar surface area (TPSA) is 0 Å². The fourth-order valence-corrected chi connectivity index (χ4v) is 7.16. The standard InChI is InChI=1S/C42H36.C2H6/c1-41(2,3)26-18-19-28-25(20-26)21-27(42(4,5)6)22-35(28)36-23-38-34-17-11-16-33-29-12-7-10-15-32(29)39(40(33)34)24-37(38)31-14-9-8-13-30(31)36;1-2/h7-24H,1-6H3;1-2H3. The molecule has 0 heterocycles. The molecular weight excluding hydrogens is 528 g/mol. The number of hydrogen-bond donors (Lipinski definition) is 0. The number of rotatable bonds is 1. The Morgan fingerprint density at radius 1 is 0.341 bits per heavy atom. The van der Waals surface area contributed by atoms with Crippen LogP contribution in [0.15, 0.2) is 109 Å². The van der Waals surface area contributed by atoms with E-state index >= 15 is 0 Å².